The van der Waals surface area contributed by atoms with Crippen LogP contribution in [0.4, 0.5) is 5.69 Å². The smallest absolute Gasteiger partial charge is 0.289 e. The predicted octanol–water partition coefficient (Wildman–Crippen LogP) is 1.05. The number of benzene rings is 1. The first-order valence-electron chi connectivity index (χ1n) is 6.03. The highest BCUT2D eigenvalue weighted by atomic mass is 79.9. The van der Waals surface area contributed by atoms with E-state index in [0.717, 1.165) is 6.07 Å². The first-order valence-corrected chi connectivity index (χ1v) is 8.31. The maximum absolute atomic E-state index is 12.2. The molecular formula is C11H13BrN2O6S. The number of halogens is 1. The van der Waals surface area contributed by atoms with Gasteiger partial charge in [0.25, 0.3) is 5.69 Å². The van der Waals surface area contributed by atoms with Crippen molar-refractivity contribution in [1.82, 2.24) is 4.72 Å². The minimum atomic E-state index is -4.02. The summed E-state index contributed by atoms with van der Waals surface area (Å²) < 4.78 is 37.7. The van der Waals surface area contributed by atoms with Crippen LogP contribution in [0.5, 0.6) is 0 Å². The van der Waals surface area contributed by atoms with Crippen molar-refractivity contribution in [3.8, 4) is 0 Å². The molecule has 0 aromatic heterocycles. The van der Waals surface area contributed by atoms with Gasteiger partial charge in [-0.3, -0.25) is 10.1 Å². The standard InChI is InChI=1S/C11H13BrN2O6S/c12-8-1-2-10(14(15)16)11(5-8)21(17,18)13-6-9-7-19-3-4-20-9/h1-2,5,9,13H,3-4,6-7H2. The minimum Gasteiger partial charge on any atom is -0.376 e. The zero-order valence-electron chi connectivity index (χ0n) is 10.8. The molecule has 8 nitrogen and oxygen atoms in total. The average molecular weight is 381 g/mol. The molecule has 0 radical (unpaired) electrons. The lowest BCUT2D eigenvalue weighted by Gasteiger charge is -2.23. The topological polar surface area (TPSA) is 108 Å². The quantitative estimate of drug-likeness (QED) is 0.604. The Kier molecular flexibility index (Phi) is 5.27. The van der Waals surface area contributed by atoms with E-state index < -0.39 is 31.6 Å². The third-order valence-electron chi connectivity index (χ3n) is 2.79. The number of nitro benzene ring substituents is 1. The largest absolute Gasteiger partial charge is 0.376 e. The first kappa shape index (κ1) is 16.3. The number of rotatable bonds is 5. The Morgan fingerprint density at radius 1 is 1.43 bits per heavy atom. The number of sulfonamides is 1. The van der Waals surface area contributed by atoms with E-state index >= 15 is 0 Å². The fourth-order valence-corrected chi connectivity index (χ4v) is 3.56. The van der Waals surface area contributed by atoms with Crippen molar-refractivity contribution in [2.45, 2.75) is 11.0 Å². The van der Waals surface area contributed by atoms with Crippen molar-refractivity contribution < 1.29 is 22.8 Å². The Labute approximate surface area is 129 Å². The molecule has 1 saturated heterocycles. The molecule has 1 unspecified atom stereocenters. The van der Waals surface area contributed by atoms with Crippen molar-refractivity contribution in [3.05, 3.63) is 32.8 Å². The molecular weight excluding hydrogens is 368 g/mol. The van der Waals surface area contributed by atoms with Gasteiger partial charge in [0, 0.05) is 17.1 Å². The van der Waals surface area contributed by atoms with Gasteiger partial charge in [-0.1, -0.05) is 15.9 Å². The molecule has 0 bridgehead atoms. The van der Waals surface area contributed by atoms with Gasteiger partial charge in [0.05, 0.1) is 30.8 Å². The van der Waals surface area contributed by atoms with Gasteiger partial charge in [-0.2, -0.15) is 0 Å². The monoisotopic (exact) mass is 380 g/mol. The zero-order chi connectivity index (χ0) is 15.5. The van der Waals surface area contributed by atoms with Gasteiger partial charge in [0.15, 0.2) is 4.90 Å². The Morgan fingerprint density at radius 3 is 2.81 bits per heavy atom. The van der Waals surface area contributed by atoms with E-state index in [1.54, 1.807) is 0 Å². The number of hydrogen-bond acceptors (Lipinski definition) is 6. The van der Waals surface area contributed by atoms with Crippen LogP contribution in [0.3, 0.4) is 0 Å². The summed E-state index contributed by atoms with van der Waals surface area (Å²) >= 11 is 3.11. The summed E-state index contributed by atoms with van der Waals surface area (Å²) in [5, 5.41) is 10.9. The van der Waals surface area contributed by atoms with Crippen molar-refractivity contribution in [2.24, 2.45) is 0 Å². The Bertz CT molecular complexity index is 630. The van der Waals surface area contributed by atoms with Gasteiger partial charge in [-0.25, -0.2) is 13.1 Å². The van der Waals surface area contributed by atoms with Crippen LogP contribution >= 0.6 is 15.9 Å². The van der Waals surface area contributed by atoms with E-state index in [0.29, 0.717) is 17.7 Å². The zero-order valence-corrected chi connectivity index (χ0v) is 13.2. The normalized spacial score (nSPS) is 19.4. The van der Waals surface area contributed by atoms with Crippen molar-refractivity contribution in [3.63, 3.8) is 0 Å². The van der Waals surface area contributed by atoms with Crippen LogP contribution in [0.2, 0.25) is 0 Å². The van der Waals surface area contributed by atoms with Crippen LogP contribution < -0.4 is 4.72 Å². The third-order valence-corrected chi connectivity index (χ3v) is 4.74. The van der Waals surface area contributed by atoms with Crippen molar-refractivity contribution in [1.29, 1.82) is 0 Å². The average Bonchev–Trinajstić information content (AvgIpc) is 2.46. The van der Waals surface area contributed by atoms with Gasteiger partial charge in [-0.15, -0.1) is 0 Å². The molecule has 2 rings (SSSR count). The molecule has 10 heteroatoms. The molecule has 1 heterocycles. The summed E-state index contributed by atoms with van der Waals surface area (Å²) in [5.41, 5.74) is -0.480. The van der Waals surface area contributed by atoms with E-state index in [4.69, 9.17) is 9.47 Å². The molecule has 1 fully saturated rings. The van der Waals surface area contributed by atoms with Gasteiger partial charge in [0.2, 0.25) is 10.0 Å². The van der Waals surface area contributed by atoms with Crippen molar-refractivity contribution in [2.75, 3.05) is 26.4 Å². The first-order chi connectivity index (χ1) is 9.90. The fourth-order valence-electron chi connectivity index (χ4n) is 1.79. The second-order valence-corrected chi connectivity index (χ2v) is 6.94. The van der Waals surface area contributed by atoms with E-state index in [2.05, 4.69) is 20.7 Å². The van der Waals surface area contributed by atoms with E-state index in [9.17, 15) is 18.5 Å². The minimum absolute atomic E-state index is 0.00794. The highest BCUT2D eigenvalue weighted by Crippen LogP contribution is 2.27. The molecule has 116 valence electrons. The Hall–Kier alpha value is -1.07. The summed E-state index contributed by atoms with van der Waals surface area (Å²) in [6.07, 6.45) is -0.403. The number of nitrogens with zero attached hydrogens (tertiary/aromatic N) is 1. The molecule has 1 aromatic rings. The van der Waals surface area contributed by atoms with Crippen LogP contribution in [0.1, 0.15) is 0 Å². The second-order valence-electron chi connectivity index (χ2n) is 4.29. The maximum Gasteiger partial charge on any atom is 0.289 e. The molecule has 1 N–H and O–H groups in total. The summed E-state index contributed by atoms with van der Waals surface area (Å²) in [6, 6.07) is 3.74. The number of ether oxygens (including phenoxy) is 2. The molecule has 0 amide bonds. The molecule has 1 atom stereocenters. The molecule has 21 heavy (non-hydrogen) atoms. The maximum atomic E-state index is 12.2. The van der Waals surface area contributed by atoms with E-state index in [1.807, 2.05) is 0 Å². The van der Waals surface area contributed by atoms with Gasteiger partial charge in [0.1, 0.15) is 0 Å². The molecule has 1 aliphatic rings. The predicted molar refractivity (Wildman–Crippen MR) is 76.5 cm³/mol. The highest BCUT2D eigenvalue weighted by molar-refractivity contribution is 9.10. The third kappa shape index (κ3) is 4.20. The number of nitrogens with one attached hydrogen (secondary N) is 1. The van der Waals surface area contributed by atoms with Crippen LogP contribution in [-0.4, -0.2) is 45.8 Å². The Balaban J connectivity index is 2.18. The van der Waals surface area contributed by atoms with E-state index in [-0.39, 0.29) is 13.2 Å². The van der Waals surface area contributed by atoms with Crippen LogP contribution in [-0.2, 0) is 19.5 Å². The molecule has 0 saturated carbocycles. The number of nitro groups is 1. The second kappa shape index (κ2) is 6.79. The van der Waals surface area contributed by atoms with Crippen LogP contribution in [0, 0.1) is 10.1 Å². The van der Waals surface area contributed by atoms with Gasteiger partial charge >= 0.3 is 0 Å². The summed E-state index contributed by atoms with van der Waals surface area (Å²) in [5.74, 6) is 0. The highest BCUT2D eigenvalue weighted by Gasteiger charge is 2.27. The number of hydrogen-bond donors (Lipinski definition) is 1. The van der Waals surface area contributed by atoms with Crippen LogP contribution in [0.15, 0.2) is 27.6 Å². The lowest BCUT2D eigenvalue weighted by Crippen LogP contribution is -2.39. The summed E-state index contributed by atoms with van der Waals surface area (Å²) in [7, 11) is -4.02. The molecule has 0 aliphatic carbocycles. The van der Waals surface area contributed by atoms with Crippen LogP contribution in [0.25, 0.3) is 0 Å². The fraction of sp³-hybridized carbons (Fsp3) is 0.455. The Morgan fingerprint density at radius 2 is 2.19 bits per heavy atom. The lowest BCUT2D eigenvalue weighted by atomic mass is 10.3. The van der Waals surface area contributed by atoms with E-state index in [1.165, 1.54) is 12.1 Å². The summed E-state index contributed by atoms with van der Waals surface area (Å²) in [6.45, 7) is 1.14. The summed E-state index contributed by atoms with van der Waals surface area (Å²) in [4.78, 5) is 9.81. The molecule has 1 aliphatic heterocycles. The molecule has 1 aromatic carbocycles. The van der Waals surface area contributed by atoms with Gasteiger partial charge in [-0.05, 0) is 12.1 Å². The van der Waals surface area contributed by atoms with Gasteiger partial charge < -0.3 is 9.47 Å². The lowest BCUT2D eigenvalue weighted by molar-refractivity contribution is -0.387. The molecule has 0 spiro atoms. The SMILES string of the molecule is O=[N+]([O-])c1ccc(Br)cc1S(=O)(=O)NCC1COCCO1. The van der Waals surface area contributed by atoms with Crippen molar-refractivity contribution >= 4 is 31.6 Å².